The average Bonchev–Trinajstić information content (AvgIpc) is 2.53. The largest absolute Gasteiger partial charge is 0.354 e. The number of nitrogens with two attached hydrogens (primary N) is 4. The summed E-state index contributed by atoms with van der Waals surface area (Å²) in [5, 5.41) is 3.17. The maximum atomic E-state index is 6.11. The van der Waals surface area contributed by atoms with Crippen LogP contribution in [0.2, 0.25) is 0 Å². The van der Waals surface area contributed by atoms with Crippen LogP contribution in [0.3, 0.4) is 0 Å². The summed E-state index contributed by atoms with van der Waals surface area (Å²) in [6, 6.07) is 0.0681. The minimum Gasteiger partial charge on any atom is -0.354 e. The van der Waals surface area contributed by atoms with E-state index in [1.807, 2.05) is 16.7 Å². The summed E-state index contributed by atoms with van der Waals surface area (Å²) in [5.41, 5.74) is 24.5. The Labute approximate surface area is 160 Å². The molecule has 4 atom stereocenters. The van der Waals surface area contributed by atoms with E-state index >= 15 is 0 Å². The lowest BCUT2D eigenvalue weighted by atomic mass is 10.0. The quantitative estimate of drug-likeness (QED) is 0.409. The number of rotatable bonds is 4. The molecule has 0 spiro atoms. The molecule has 0 aliphatic carbocycles. The normalized spacial score (nSPS) is 29.3. The zero-order valence-corrected chi connectivity index (χ0v) is 16.0. The standard InChI is InChI=1S/C15H30N10.ClH/c1-2-20-13-21-14(24-5-9(16)3-10(17)6-24)23-15(22-13)25-7-11(18)4-12(19)8-25;/h9-12H,2-8,16-19H2,1H3,(H,20,21,22,23);1H/t9-,10+,11-,12+;. The Bertz CT molecular complexity index is 523. The Morgan fingerprint density at radius 2 is 1.19 bits per heavy atom. The molecule has 1 aromatic heterocycles. The van der Waals surface area contributed by atoms with Crippen molar-refractivity contribution in [3.05, 3.63) is 0 Å². The SMILES string of the molecule is CCNc1nc(N2C[C@H](N)C[C@H](N)C2)nc(N2C[C@H](N)C[C@H](N)C2)n1.Cl. The van der Waals surface area contributed by atoms with Crippen molar-refractivity contribution >= 4 is 30.3 Å². The summed E-state index contributed by atoms with van der Waals surface area (Å²) in [4.78, 5) is 17.8. The molecule has 2 aliphatic rings. The molecular formula is C15H31ClN10. The first-order chi connectivity index (χ1) is 11.9. The van der Waals surface area contributed by atoms with Gasteiger partial charge in [-0.05, 0) is 19.8 Å². The van der Waals surface area contributed by atoms with Crippen LogP contribution in [-0.2, 0) is 0 Å². The summed E-state index contributed by atoms with van der Waals surface area (Å²) in [6.45, 7) is 5.45. The van der Waals surface area contributed by atoms with E-state index in [-0.39, 0.29) is 36.6 Å². The van der Waals surface area contributed by atoms with E-state index in [1.54, 1.807) is 0 Å². The van der Waals surface area contributed by atoms with Gasteiger partial charge in [-0.15, -0.1) is 12.4 Å². The molecule has 2 saturated heterocycles. The summed E-state index contributed by atoms with van der Waals surface area (Å²) in [6.07, 6.45) is 1.62. The Kier molecular flexibility index (Phi) is 7.18. The van der Waals surface area contributed by atoms with E-state index in [4.69, 9.17) is 22.9 Å². The number of halogens is 1. The molecule has 9 N–H and O–H groups in total. The number of nitrogens with zero attached hydrogens (tertiary/aromatic N) is 5. The van der Waals surface area contributed by atoms with Gasteiger partial charge in [0.2, 0.25) is 17.8 Å². The molecule has 26 heavy (non-hydrogen) atoms. The van der Waals surface area contributed by atoms with Crippen LogP contribution < -0.4 is 38.1 Å². The van der Waals surface area contributed by atoms with Gasteiger partial charge in [0.25, 0.3) is 0 Å². The van der Waals surface area contributed by atoms with Gasteiger partial charge >= 0.3 is 0 Å². The second kappa shape index (κ2) is 8.96. The van der Waals surface area contributed by atoms with Crippen molar-refractivity contribution in [2.45, 2.75) is 43.9 Å². The zero-order chi connectivity index (χ0) is 18.0. The number of hydrogen-bond acceptors (Lipinski definition) is 10. The number of anilines is 3. The number of nitrogens with one attached hydrogen (secondary N) is 1. The number of piperidine rings is 2. The molecule has 1 aromatic rings. The van der Waals surface area contributed by atoms with Crippen molar-refractivity contribution in [1.82, 2.24) is 15.0 Å². The summed E-state index contributed by atoms with van der Waals surface area (Å²) in [5.74, 6) is 1.74. The molecule has 2 fully saturated rings. The van der Waals surface area contributed by atoms with Crippen LogP contribution >= 0.6 is 12.4 Å². The third-order valence-electron chi connectivity index (χ3n) is 4.54. The maximum Gasteiger partial charge on any atom is 0.232 e. The van der Waals surface area contributed by atoms with Crippen molar-refractivity contribution in [3.8, 4) is 0 Å². The molecule has 0 bridgehead atoms. The van der Waals surface area contributed by atoms with Gasteiger partial charge in [-0.2, -0.15) is 15.0 Å². The van der Waals surface area contributed by atoms with Gasteiger partial charge in [0, 0.05) is 56.9 Å². The predicted molar refractivity (Wildman–Crippen MR) is 107 cm³/mol. The van der Waals surface area contributed by atoms with Gasteiger partial charge in [-0.25, -0.2) is 0 Å². The first-order valence-corrected chi connectivity index (χ1v) is 8.96. The van der Waals surface area contributed by atoms with Crippen LogP contribution in [0.4, 0.5) is 17.8 Å². The molecular weight excluding hydrogens is 356 g/mol. The van der Waals surface area contributed by atoms with E-state index in [2.05, 4.69) is 20.3 Å². The highest BCUT2D eigenvalue weighted by atomic mass is 35.5. The first-order valence-electron chi connectivity index (χ1n) is 8.96. The fourth-order valence-corrected chi connectivity index (χ4v) is 3.56. The lowest BCUT2D eigenvalue weighted by molar-refractivity contribution is 0.441. The van der Waals surface area contributed by atoms with E-state index < -0.39 is 0 Å². The highest BCUT2D eigenvalue weighted by Crippen LogP contribution is 2.21. The molecule has 148 valence electrons. The van der Waals surface area contributed by atoms with Crippen molar-refractivity contribution in [3.63, 3.8) is 0 Å². The van der Waals surface area contributed by atoms with E-state index in [0.29, 0.717) is 44.0 Å². The Morgan fingerprint density at radius 1 is 0.808 bits per heavy atom. The molecule has 2 aliphatic heterocycles. The highest BCUT2D eigenvalue weighted by molar-refractivity contribution is 5.85. The van der Waals surface area contributed by atoms with Gasteiger partial charge in [0.15, 0.2) is 0 Å². The van der Waals surface area contributed by atoms with Crippen molar-refractivity contribution in [1.29, 1.82) is 0 Å². The van der Waals surface area contributed by atoms with Crippen LogP contribution in [-0.4, -0.2) is 71.8 Å². The van der Waals surface area contributed by atoms with Crippen LogP contribution in [0, 0.1) is 0 Å². The molecule has 3 rings (SSSR count). The van der Waals surface area contributed by atoms with Gasteiger partial charge in [-0.3, -0.25) is 0 Å². The molecule has 0 unspecified atom stereocenters. The van der Waals surface area contributed by atoms with Crippen LogP contribution in [0.25, 0.3) is 0 Å². The van der Waals surface area contributed by atoms with E-state index in [9.17, 15) is 0 Å². The summed E-state index contributed by atoms with van der Waals surface area (Å²) in [7, 11) is 0. The smallest absolute Gasteiger partial charge is 0.232 e. The molecule has 0 amide bonds. The summed E-state index contributed by atoms with van der Waals surface area (Å²) >= 11 is 0. The Morgan fingerprint density at radius 3 is 1.54 bits per heavy atom. The van der Waals surface area contributed by atoms with E-state index in [0.717, 1.165) is 19.4 Å². The van der Waals surface area contributed by atoms with Gasteiger partial charge in [0.1, 0.15) is 0 Å². The van der Waals surface area contributed by atoms with Crippen molar-refractivity contribution in [2.24, 2.45) is 22.9 Å². The maximum absolute atomic E-state index is 6.11. The molecule has 0 saturated carbocycles. The molecule has 3 heterocycles. The van der Waals surface area contributed by atoms with Gasteiger partial charge in [0.05, 0.1) is 0 Å². The van der Waals surface area contributed by atoms with Gasteiger partial charge in [-0.1, -0.05) is 0 Å². The van der Waals surface area contributed by atoms with Gasteiger partial charge < -0.3 is 38.1 Å². The fourth-order valence-electron chi connectivity index (χ4n) is 3.56. The number of hydrogen-bond donors (Lipinski definition) is 5. The van der Waals surface area contributed by atoms with E-state index in [1.165, 1.54) is 0 Å². The second-order valence-corrected chi connectivity index (χ2v) is 7.11. The predicted octanol–water partition coefficient (Wildman–Crippen LogP) is -1.55. The Balaban J connectivity index is 0.00000243. The van der Waals surface area contributed by atoms with Crippen LogP contribution in [0.15, 0.2) is 0 Å². The third-order valence-corrected chi connectivity index (χ3v) is 4.54. The van der Waals surface area contributed by atoms with Crippen LogP contribution in [0.1, 0.15) is 19.8 Å². The fraction of sp³-hybridized carbons (Fsp3) is 0.800. The molecule has 0 radical (unpaired) electrons. The molecule has 10 nitrogen and oxygen atoms in total. The monoisotopic (exact) mass is 386 g/mol. The average molecular weight is 387 g/mol. The lowest BCUT2D eigenvalue weighted by Gasteiger charge is -2.37. The molecule has 11 heteroatoms. The minimum absolute atomic E-state index is 0. The van der Waals surface area contributed by atoms with Crippen molar-refractivity contribution < 1.29 is 0 Å². The summed E-state index contributed by atoms with van der Waals surface area (Å²) < 4.78 is 0. The molecule has 0 aromatic carbocycles. The topological polar surface area (TPSA) is 161 Å². The highest BCUT2D eigenvalue weighted by Gasteiger charge is 2.28. The third kappa shape index (κ3) is 5.04. The number of aromatic nitrogens is 3. The lowest BCUT2D eigenvalue weighted by Crippen LogP contribution is -2.54. The Hall–Kier alpha value is -1.46. The zero-order valence-electron chi connectivity index (χ0n) is 15.2. The van der Waals surface area contributed by atoms with Crippen molar-refractivity contribution in [2.75, 3.05) is 47.8 Å². The van der Waals surface area contributed by atoms with Crippen LogP contribution in [0.5, 0.6) is 0 Å². The minimum atomic E-state index is 0. The second-order valence-electron chi connectivity index (χ2n) is 7.11. The first kappa shape index (κ1) is 20.8.